The van der Waals surface area contributed by atoms with E-state index in [4.69, 9.17) is 4.74 Å². The summed E-state index contributed by atoms with van der Waals surface area (Å²) in [6.45, 7) is 6.62. The maximum atomic E-state index is 12.8. The molecule has 5 heteroatoms. The Labute approximate surface area is 155 Å². The first kappa shape index (κ1) is 18.4. The molecule has 1 amide bonds. The molecule has 1 fully saturated rings. The number of anilines is 2. The molecule has 0 radical (unpaired) electrons. The molecule has 0 spiro atoms. The van der Waals surface area contributed by atoms with Gasteiger partial charge in [0.25, 0.3) is 0 Å². The number of carbonyl (C=O) groups excluding carboxylic acids is 1. The summed E-state index contributed by atoms with van der Waals surface area (Å²) in [7, 11) is 0. The van der Waals surface area contributed by atoms with E-state index in [1.54, 1.807) is 0 Å². The zero-order valence-corrected chi connectivity index (χ0v) is 15.7. The SMILES string of the molecule is CC(C)(C)OC(=O)N(c1ccccc1)c1ccc([C@H]2CCCCN2)cn1. The Balaban J connectivity index is 1.87. The van der Waals surface area contributed by atoms with Gasteiger partial charge in [-0.1, -0.05) is 30.7 Å². The topological polar surface area (TPSA) is 54.5 Å². The first-order chi connectivity index (χ1) is 12.4. The van der Waals surface area contributed by atoms with Crippen LogP contribution in [0.3, 0.4) is 0 Å². The van der Waals surface area contributed by atoms with Crippen LogP contribution in [-0.2, 0) is 4.74 Å². The van der Waals surface area contributed by atoms with Crippen molar-refractivity contribution >= 4 is 17.6 Å². The molecule has 3 rings (SSSR count). The van der Waals surface area contributed by atoms with Gasteiger partial charge in [-0.2, -0.15) is 0 Å². The van der Waals surface area contributed by atoms with Crippen molar-refractivity contribution in [3.05, 3.63) is 54.2 Å². The molecular weight excluding hydrogens is 326 g/mol. The second kappa shape index (κ2) is 7.87. The highest BCUT2D eigenvalue weighted by molar-refractivity contribution is 5.95. The normalized spacial score (nSPS) is 17.6. The number of aromatic nitrogens is 1. The Morgan fingerprint density at radius 1 is 1.15 bits per heavy atom. The van der Waals surface area contributed by atoms with Crippen LogP contribution in [0, 0.1) is 0 Å². The van der Waals surface area contributed by atoms with E-state index in [-0.39, 0.29) is 0 Å². The van der Waals surface area contributed by atoms with Gasteiger partial charge in [0, 0.05) is 12.2 Å². The zero-order valence-electron chi connectivity index (χ0n) is 15.7. The Morgan fingerprint density at radius 2 is 1.92 bits per heavy atom. The number of ether oxygens (including phenoxy) is 1. The van der Waals surface area contributed by atoms with Gasteiger partial charge in [0.15, 0.2) is 0 Å². The average molecular weight is 353 g/mol. The van der Waals surface area contributed by atoms with Crippen LogP contribution in [0.1, 0.15) is 51.6 Å². The Bertz CT molecular complexity index is 717. The van der Waals surface area contributed by atoms with Gasteiger partial charge in [-0.15, -0.1) is 0 Å². The van der Waals surface area contributed by atoms with Crippen molar-refractivity contribution in [2.24, 2.45) is 0 Å². The van der Waals surface area contributed by atoms with Crippen molar-refractivity contribution in [1.82, 2.24) is 10.3 Å². The number of amides is 1. The monoisotopic (exact) mass is 353 g/mol. The van der Waals surface area contributed by atoms with Gasteiger partial charge >= 0.3 is 6.09 Å². The Hall–Kier alpha value is -2.40. The van der Waals surface area contributed by atoms with Crippen LogP contribution in [0.25, 0.3) is 0 Å². The maximum absolute atomic E-state index is 12.8. The number of pyridine rings is 1. The molecule has 0 bridgehead atoms. The second-order valence-electron chi connectivity index (χ2n) is 7.60. The average Bonchev–Trinajstić information content (AvgIpc) is 2.63. The summed E-state index contributed by atoms with van der Waals surface area (Å²) in [6.07, 6.45) is 5.00. The fourth-order valence-electron chi connectivity index (χ4n) is 3.09. The number of rotatable bonds is 3. The number of piperidine rings is 1. The van der Waals surface area contributed by atoms with Crippen molar-refractivity contribution < 1.29 is 9.53 Å². The first-order valence-corrected chi connectivity index (χ1v) is 9.21. The van der Waals surface area contributed by atoms with Crippen molar-refractivity contribution in [2.75, 3.05) is 11.4 Å². The lowest BCUT2D eigenvalue weighted by Gasteiger charge is -2.27. The van der Waals surface area contributed by atoms with Crippen molar-refractivity contribution in [2.45, 2.75) is 51.7 Å². The van der Waals surface area contributed by atoms with Crippen molar-refractivity contribution in [3.63, 3.8) is 0 Å². The standard InChI is InChI=1S/C21H27N3O2/c1-21(2,3)26-20(25)24(17-9-5-4-6-10-17)19-13-12-16(15-23-19)18-11-7-8-14-22-18/h4-6,9-10,12-13,15,18,22H,7-8,11,14H2,1-3H3/t18-/m1/s1. The number of benzene rings is 1. The lowest BCUT2D eigenvalue weighted by atomic mass is 9.99. The third-order valence-corrected chi connectivity index (χ3v) is 4.30. The smallest absolute Gasteiger partial charge is 0.420 e. The van der Waals surface area contributed by atoms with Crippen LogP contribution in [0.5, 0.6) is 0 Å². The molecule has 2 aromatic rings. The van der Waals surface area contributed by atoms with E-state index in [9.17, 15) is 4.79 Å². The van der Waals surface area contributed by atoms with E-state index in [1.807, 2.05) is 69.4 Å². The number of para-hydroxylation sites is 1. The highest BCUT2D eigenvalue weighted by Crippen LogP contribution is 2.28. The van der Waals surface area contributed by atoms with Gasteiger partial charge in [-0.25, -0.2) is 14.7 Å². The molecule has 1 aliphatic rings. The quantitative estimate of drug-likeness (QED) is 0.846. The van der Waals surface area contributed by atoms with E-state index in [1.165, 1.54) is 17.7 Å². The molecule has 1 saturated heterocycles. The number of carbonyl (C=O) groups is 1. The van der Waals surface area contributed by atoms with Crippen LogP contribution in [-0.4, -0.2) is 23.2 Å². The lowest BCUT2D eigenvalue weighted by molar-refractivity contribution is 0.0598. The van der Waals surface area contributed by atoms with Crippen molar-refractivity contribution in [3.8, 4) is 0 Å². The first-order valence-electron chi connectivity index (χ1n) is 9.21. The zero-order chi connectivity index (χ0) is 18.6. The predicted octanol–water partition coefficient (Wildman–Crippen LogP) is 4.97. The van der Waals surface area contributed by atoms with E-state index in [2.05, 4.69) is 10.3 Å². The maximum Gasteiger partial charge on any atom is 0.420 e. The van der Waals surface area contributed by atoms with Gasteiger partial charge in [0.1, 0.15) is 11.4 Å². The third-order valence-electron chi connectivity index (χ3n) is 4.30. The van der Waals surface area contributed by atoms with E-state index < -0.39 is 11.7 Å². The minimum Gasteiger partial charge on any atom is -0.443 e. The largest absolute Gasteiger partial charge is 0.443 e. The molecule has 138 valence electrons. The Morgan fingerprint density at radius 3 is 2.50 bits per heavy atom. The van der Waals surface area contributed by atoms with Gasteiger partial charge in [-0.3, -0.25) is 0 Å². The molecule has 0 aliphatic carbocycles. The van der Waals surface area contributed by atoms with E-state index in [0.717, 1.165) is 24.2 Å². The summed E-state index contributed by atoms with van der Waals surface area (Å²) < 4.78 is 5.59. The summed E-state index contributed by atoms with van der Waals surface area (Å²) in [5, 5.41) is 3.52. The highest BCUT2D eigenvalue weighted by atomic mass is 16.6. The molecule has 1 aromatic heterocycles. The molecule has 0 saturated carbocycles. The van der Waals surface area contributed by atoms with Crippen LogP contribution in [0.15, 0.2) is 48.7 Å². The third kappa shape index (κ3) is 4.61. The summed E-state index contributed by atoms with van der Waals surface area (Å²) in [5.74, 6) is 0.560. The van der Waals surface area contributed by atoms with Gasteiger partial charge in [0.2, 0.25) is 0 Å². The molecule has 1 aliphatic heterocycles. The predicted molar refractivity (Wildman–Crippen MR) is 104 cm³/mol. The fraction of sp³-hybridized carbons (Fsp3) is 0.429. The van der Waals surface area contributed by atoms with Gasteiger partial charge < -0.3 is 10.1 Å². The van der Waals surface area contributed by atoms with Crippen LogP contribution in [0.2, 0.25) is 0 Å². The second-order valence-corrected chi connectivity index (χ2v) is 7.60. The highest BCUT2D eigenvalue weighted by Gasteiger charge is 2.26. The number of hydrogen-bond acceptors (Lipinski definition) is 4. The number of hydrogen-bond donors (Lipinski definition) is 1. The minimum atomic E-state index is -0.573. The molecule has 26 heavy (non-hydrogen) atoms. The fourth-order valence-corrected chi connectivity index (χ4v) is 3.09. The van der Waals surface area contributed by atoms with Crippen LogP contribution >= 0.6 is 0 Å². The molecule has 0 unspecified atom stereocenters. The molecular formula is C21H27N3O2. The summed E-state index contributed by atoms with van der Waals surface area (Å²) >= 11 is 0. The van der Waals surface area contributed by atoms with Crippen LogP contribution in [0.4, 0.5) is 16.3 Å². The van der Waals surface area contributed by atoms with E-state index >= 15 is 0 Å². The van der Waals surface area contributed by atoms with E-state index in [0.29, 0.717) is 11.9 Å². The molecule has 1 aromatic carbocycles. The number of nitrogens with one attached hydrogen (secondary N) is 1. The van der Waals surface area contributed by atoms with Gasteiger partial charge in [0.05, 0.1) is 5.69 Å². The molecule has 1 atom stereocenters. The lowest BCUT2D eigenvalue weighted by Crippen LogP contribution is -2.34. The van der Waals surface area contributed by atoms with Gasteiger partial charge in [-0.05, 0) is 63.9 Å². The minimum absolute atomic E-state index is 0.344. The molecule has 5 nitrogen and oxygen atoms in total. The molecule has 2 heterocycles. The number of nitrogens with zero attached hydrogens (tertiary/aromatic N) is 2. The van der Waals surface area contributed by atoms with Crippen molar-refractivity contribution in [1.29, 1.82) is 0 Å². The summed E-state index contributed by atoms with van der Waals surface area (Å²) in [5.41, 5.74) is 1.32. The summed E-state index contributed by atoms with van der Waals surface area (Å²) in [4.78, 5) is 18.9. The Kier molecular flexibility index (Phi) is 5.57. The summed E-state index contributed by atoms with van der Waals surface area (Å²) in [6, 6.07) is 13.7. The van der Waals surface area contributed by atoms with Crippen LogP contribution < -0.4 is 10.2 Å². The molecule has 1 N–H and O–H groups in total.